The maximum absolute atomic E-state index is 12.2. The number of ketones is 1. The molecule has 1 heteroatoms. The van der Waals surface area contributed by atoms with Gasteiger partial charge in [-0.2, -0.15) is 0 Å². The Morgan fingerprint density at radius 1 is 1.25 bits per heavy atom. The van der Waals surface area contributed by atoms with E-state index in [0.717, 1.165) is 6.42 Å². The van der Waals surface area contributed by atoms with Crippen molar-refractivity contribution in [2.75, 3.05) is 0 Å². The van der Waals surface area contributed by atoms with Crippen LogP contribution in [-0.2, 0) is 4.79 Å². The number of Topliss-reactive ketones (excluding diaryl/α,β-unsaturated/α-hetero) is 1. The van der Waals surface area contributed by atoms with Crippen LogP contribution < -0.4 is 0 Å². The zero-order chi connectivity index (χ0) is 11.9. The highest BCUT2D eigenvalue weighted by Gasteiger charge is 2.42. The molecule has 0 heterocycles. The number of carbonyl (C=O) groups excluding carboxylic acids is 1. The van der Waals surface area contributed by atoms with E-state index in [1.165, 1.54) is 24.8 Å². The van der Waals surface area contributed by atoms with Crippen LogP contribution in [0.2, 0.25) is 0 Å². The third-order valence-electron chi connectivity index (χ3n) is 4.58. The van der Waals surface area contributed by atoms with E-state index in [-0.39, 0.29) is 0 Å². The summed E-state index contributed by atoms with van der Waals surface area (Å²) < 4.78 is 0. The molecule has 0 radical (unpaired) electrons. The van der Waals surface area contributed by atoms with Gasteiger partial charge in [0.1, 0.15) is 5.78 Å². The van der Waals surface area contributed by atoms with Gasteiger partial charge in [0.15, 0.2) is 0 Å². The van der Waals surface area contributed by atoms with Gasteiger partial charge >= 0.3 is 0 Å². The van der Waals surface area contributed by atoms with Crippen molar-refractivity contribution in [2.24, 2.45) is 23.7 Å². The Balaban J connectivity index is 2.32. The Kier molecular flexibility index (Phi) is 3.23. The molecule has 90 valence electrons. The molecular formula is C15H24O. The molecule has 0 aliphatic heterocycles. The van der Waals surface area contributed by atoms with Gasteiger partial charge in [0, 0.05) is 12.3 Å². The van der Waals surface area contributed by atoms with E-state index in [0.29, 0.717) is 29.5 Å². The summed E-state index contributed by atoms with van der Waals surface area (Å²) in [4.78, 5) is 12.2. The van der Waals surface area contributed by atoms with Gasteiger partial charge in [-0.15, -0.1) is 0 Å². The number of hydrogen-bond acceptors (Lipinski definition) is 1. The second kappa shape index (κ2) is 4.35. The van der Waals surface area contributed by atoms with Crippen molar-refractivity contribution in [3.05, 3.63) is 11.1 Å². The normalized spacial score (nSPS) is 39.5. The average molecular weight is 220 g/mol. The lowest BCUT2D eigenvalue weighted by atomic mass is 9.60. The van der Waals surface area contributed by atoms with Crippen LogP contribution in [0.5, 0.6) is 0 Å². The Hall–Kier alpha value is -0.590. The first-order valence-electron chi connectivity index (χ1n) is 6.69. The van der Waals surface area contributed by atoms with Crippen molar-refractivity contribution >= 4 is 5.78 Å². The van der Waals surface area contributed by atoms with Crippen LogP contribution in [0.4, 0.5) is 0 Å². The van der Waals surface area contributed by atoms with Crippen LogP contribution in [0.15, 0.2) is 11.1 Å². The third kappa shape index (κ3) is 1.97. The van der Waals surface area contributed by atoms with Crippen molar-refractivity contribution in [3.8, 4) is 0 Å². The minimum absolute atomic E-state index is 0.342. The lowest BCUT2D eigenvalue weighted by molar-refractivity contribution is -0.130. The highest BCUT2D eigenvalue weighted by molar-refractivity contribution is 5.83. The Labute approximate surface area is 99.3 Å². The predicted molar refractivity (Wildman–Crippen MR) is 67.2 cm³/mol. The minimum Gasteiger partial charge on any atom is -0.299 e. The van der Waals surface area contributed by atoms with E-state index in [4.69, 9.17) is 0 Å². The van der Waals surface area contributed by atoms with Gasteiger partial charge in [-0.1, -0.05) is 25.0 Å². The molecule has 2 saturated carbocycles. The standard InChI is InChI=1S/C15H24O/c1-9(2)12-6-5-11(4)15-13(12)7-10(3)8-14(15)16/h10-11,13,15H,5-8H2,1-4H3. The molecule has 1 nitrogen and oxygen atoms in total. The first-order valence-corrected chi connectivity index (χ1v) is 6.69. The molecule has 0 spiro atoms. The Bertz CT molecular complexity index is 322. The summed E-state index contributed by atoms with van der Waals surface area (Å²) >= 11 is 0. The summed E-state index contributed by atoms with van der Waals surface area (Å²) in [6, 6.07) is 0. The Morgan fingerprint density at radius 3 is 2.56 bits per heavy atom. The van der Waals surface area contributed by atoms with Crippen LogP contribution >= 0.6 is 0 Å². The lowest BCUT2D eigenvalue weighted by Crippen LogP contribution is -2.40. The second-order valence-corrected chi connectivity index (χ2v) is 6.18. The molecule has 2 aliphatic rings. The van der Waals surface area contributed by atoms with Gasteiger partial charge < -0.3 is 0 Å². The van der Waals surface area contributed by atoms with E-state index in [9.17, 15) is 4.79 Å². The molecule has 0 saturated heterocycles. The number of fused-ring (bicyclic) bond motifs is 1. The quantitative estimate of drug-likeness (QED) is 0.564. The topological polar surface area (TPSA) is 17.1 Å². The summed E-state index contributed by atoms with van der Waals surface area (Å²) in [5.74, 6) is 2.65. The van der Waals surface area contributed by atoms with Crippen molar-refractivity contribution in [2.45, 2.75) is 53.4 Å². The number of hydrogen-bond donors (Lipinski definition) is 0. The molecule has 2 aliphatic carbocycles. The number of allylic oxidation sites excluding steroid dienone is 2. The van der Waals surface area contributed by atoms with Crippen LogP contribution in [0.1, 0.15) is 53.4 Å². The fraction of sp³-hybridized carbons (Fsp3) is 0.800. The molecule has 4 unspecified atom stereocenters. The maximum Gasteiger partial charge on any atom is 0.137 e. The first kappa shape index (κ1) is 11.9. The monoisotopic (exact) mass is 220 g/mol. The molecule has 0 aromatic heterocycles. The van der Waals surface area contributed by atoms with Crippen LogP contribution in [-0.4, -0.2) is 5.78 Å². The minimum atomic E-state index is 0.342. The maximum atomic E-state index is 12.2. The summed E-state index contributed by atoms with van der Waals surface area (Å²) in [6.07, 6.45) is 4.50. The van der Waals surface area contributed by atoms with Gasteiger partial charge in [0.2, 0.25) is 0 Å². The van der Waals surface area contributed by atoms with Gasteiger partial charge in [0.25, 0.3) is 0 Å². The van der Waals surface area contributed by atoms with Crippen molar-refractivity contribution in [1.29, 1.82) is 0 Å². The average Bonchev–Trinajstić information content (AvgIpc) is 2.15. The highest BCUT2D eigenvalue weighted by Crippen LogP contribution is 2.47. The summed E-state index contributed by atoms with van der Waals surface area (Å²) in [6.45, 7) is 8.93. The SMILES string of the molecule is CC(C)=C1CCC(C)C2C(=O)CC(C)CC12. The zero-order valence-electron chi connectivity index (χ0n) is 11.0. The fourth-order valence-electron chi connectivity index (χ4n) is 3.81. The van der Waals surface area contributed by atoms with Crippen molar-refractivity contribution in [3.63, 3.8) is 0 Å². The second-order valence-electron chi connectivity index (χ2n) is 6.18. The van der Waals surface area contributed by atoms with E-state index >= 15 is 0 Å². The van der Waals surface area contributed by atoms with E-state index in [1.807, 2.05) is 0 Å². The van der Waals surface area contributed by atoms with Crippen molar-refractivity contribution in [1.82, 2.24) is 0 Å². The molecule has 0 aromatic rings. The van der Waals surface area contributed by atoms with Gasteiger partial charge in [0.05, 0.1) is 0 Å². The van der Waals surface area contributed by atoms with E-state index in [2.05, 4.69) is 27.7 Å². The smallest absolute Gasteiger partial charge is 0.137 e. The van der Waals surface area contributed by atoms with Crippen LogP contribution in [0.25, 0.3) is 0 Å². The van der Waals surface area contributed by atoms with E-state index < -0.39 is 0 Å². The molecule has 0 amide bonds. The first-order chi connectivity index (χ1) is 7.50. The van der Waals surface area contributed by atoms with Gasteiger partial charge in [-0.05, 0) is 50.9 Å². The molecule has 4 atom stereocenters. The molecule has 0 aromatic carbocycles. The summed E-state index contributed by atoms with van der Waals surface area (Å²) in [7, 11) is 0. The van der Waals surface area contributed by atoms with Crippen LogP contribution in [0.3, 0.4) is 0 Å². The predicted octanol–water partition coefficient (Wildman–Crippen LogP) is 3.98. The molecule has 0 N–H and O–H groups in total. The zero-order valence-corrected chi connectivity index (χ0v) is 11.0. The molecule has 0 bridgehead atoms. The Morgan fingerprint density at radius 2 is 1.94 bits per heavy atom. The summed E-state index contributed by atoms with van der Waals surface area (Å²) in [5, 5.41) is 0. The molecular weight excluding hydrogens is 196 g/mol. The fourth-order valence-corrected chi connectivity index (χ4v) is 3.81. The third-order valence-corrected chi connectivity index (χ3v) is 4.58. The van der Waals surface area contributed by atoms with Crippen molar-refractivity contribution < 1.29 is 4.79 Å². The number of carbonyl (C=O) groups is 1. The van der Waals surface area contributed by atoms with Crippen LogP contribution in [0, 0.1) is 23.7 Å². The largest absolute Gasteiger partial charge is 0.299 e. The van der Waals surface area contributed by atoms with Gasteiger partial charge in [-0.25, -0.2) is 0 Å². The highest BCUT2D eigenvalue weighted by atomic mass is 16.1. The summed E-state index contributed by atoms with van der Waals surface area (Å²) in [5.41, 5.74) is 3.06. The molecule has 2 fully saturated rings. The number of rotatable bonds is 0. The molecule has 2 rings (SSSR count). The van der Waals surface area contributed by atoms with E-state index in [1.54, 1.807) is 5.57 Å². The van der Waals surface area contributed by atoms with Gasteiger partial charge in [-0.3, -0.25) is 4.79 Å². The molecule has 16 heavy (non-hydrogen) atoms. The lowest BCUT2D eigenvalue weighted by Gasteiger charge is -2.43.